The van der Waals surface area contributed by atoms with Gasteiger partial charge in [0.05, 0.1) is 5.69 Å². The minimum atomic E-state index is -0.0705. The van der Waals surface area contributed by atoms with Gasteiger partial charge in [-0.05, 0) is 47.7 Å². The number of carbonyl (C=O) groups is 1. The van der Waals surface area contributed by atoms with Crippen molar-refractivity contribution in [3.63, 3.8) is 0 Å². The molecule has 0 bridgehead atoms. The summed E-state index contributed by atoms with van der Waals surface area (Å²) in [5, 5.41) is 11.3. The first-order chi connectivity index (χ1) is 8.58. The molecule has 0 unspecified atom stereocenters. The van der Waals surface area contributed by atoms with Crippen molar-refractivity contribution in [3.05, 3.63) is 33.0 Å². The van der Waals surface area contributed by atoms with Crippen molar-refractivity contribution in [1.82, 2.24) is 4.98 Å². The Morgan fingerprint density at radius 2 is 2.28 bits per heavy atom. The Labute approximate surface area is 122 Å². The molecule has 5 heteroatoms. The van der Waals surface area contributed by atoms with Gasteiger partial charge in [0.15, 0.2) is 5.78 Å². The fourth-order valence-corrected chi connectivity index (χ4v) is 3.82. The lowest BCUT2D eigenvalue weighted by molar-refractivity contribution is -0.113. The van der Waals surface area contributed by atoms with E-state index in [0.29, 0.717) is 17.0 Å². The highest BCUT2D eigenvalue weighted by Gasteiger charge is 2.25. The number of aliphatic hydroxyl groups excluding tert-OH is 1. The number of aromatic nitrogens is 1. The number of Topliss-reactive ketones (excluding diaryl/α,β-unsaturated/α-hetero) is 1. The van der Waals surface area contributed by atoms with Gasteiger partial charge < -0.3 is 10.1 Å². The van der Waals surface area contributed by atoms with E-state index in [2.05, 4.69) is 33.6 Å². The van der Waals surface area contributed by atoms with Crippen molar-refractivity contribution in [2.24, 2.45) is 0 Å². The summed E-state index contributed by atoms with van der Waals surface area (Å²) in [6.07, 6.45) is 0. The van der Waals surface area contributed by atoms with Crippen molar-refractivity contribution in [3.8, 4) is 0 Å². The molecule has 0 amide bonds. The highest BCUT2D eigenvalue weighted by Crippen LogP contribution is 2.41. The third kappa shape index (κ3) is 1.76. The van der Waals surface area contributed by atoms with E-state index < -0.39 is 0 Å². The summed E-state index contributed by atoms with van der Waals surface area (Å²) < 4.78 is 1.16. The molecular weight excluding hydrogens is 361 g/mol. The van der Waals surface area contributed by atoms with E-state index in [1.54, 1.807) is 11.8 Å². The van der Waals surface area contributed by atoms with Gasteiger partial charge in [-0.25, -0.2) is 0 Å². The van der Waals surface area contributed by atoms with E-state index in [1.807, 2.05) is 12.1 Å². The number of aromatic amines is 1. The zero-order valence-electron chi connectivity index (χ0n) is 9.58. The van der Waals surface area contributed by atoms with Crippen molar-refractivity contribution < 1.29 is 9.90 Å². The molecule has 1 aliphatic rings. The summed E-state index contributed by atoms with van der Waals surface area (Å²) in [7, 11) is 0. The number of thioether (sulfide) groups is 1. The fourth-order valence-electron chi connectivity index (χ4n) is 2.09. The SMILES string of the molecule is CC(=O)C1=C(O)c2[nH]c3ccc(I)cc3c2SC1. The molecule has 0 spiro atoms. The number of benzene rings is 1. The zero-order valence-corrected chi connectivity index (χ0v) is 12.6. The summed E-state index contributed by atoms with van der Waals surface area (Å²) in [6.45, 7) is 1.49. The highest BCUT2D eigenvalue weighted by atomic mass is 127. The lowest BCUT2D eigenvalue weighted by Crippen LogP contribution is -2.08. The Bertz CT molecular complexity index is 702. The van der Waals surface area contributed by atoms with E-state index >= 15 is 0 Å². The van der Waals surface area contributed by atoms with Gasteiger partial charge in [0.1, 0.15) is 5.76 Å². The molecule has 2 heterocycles. The lowest BCUT2D eigenvalue weighted by atomic mass is 10.1. The van der Waals surface area contributed by atoms with Crippen molar-refractivity contribution >= 4 is 56.8 Å². The molecule has 18 heavy (non-hydrogen) atoms. The average molecular weight is 371 g/mol. The van der Waals surface area contributed by atoms with E-state index in [4.69, 9.17) is 0 Å². The monoisotopic (exact) mass is 371 g/mol. The van der Waals surface area contributed by atoms with Crippen LogP contribution in [0.25, 0.3) is 16.7 Å². The molecule has 0 fully saturated rings. The predicted molar refractivity (Wildman–Crippen MR) is 82.0 cm³/mol. The number of hydrogen-bond acceptors (Lipinski definition) is 3. The minimum Gasteiger partial charge on any atom is -0.505 e. The maximum absolute atomic E-state index is 11.4. The molecule has 92 valence electrons. The Morgan fingerprint density at radius 3 is 3.00 bits per heavy atom. The number of rotatable bonds is 1. The molecule has 1 aromatic heterocycles. The summed E-state index contributed by atoms with van der Waals surface area (Å²) in [4.78, 5) is 15.7. The average Bonchev–Trinajstić information content (AvgIpc) is 2.68. The summed E-state index contributed by atoms with van der Waals surface area (Å²) >= 11 is 3.87. The zero-order chi connectivity index (χ0) is 12.9. The smallest absolute Gasteiger partial charge is 0.160 e. The van der Waals surface area contributed by atoms with Crippen LogP contribution in [0.15, 0.2) is 28.7 Å². The summed E-state index contributed by atoms with van der Waals surface area (Å²) in [5.74, 6) is 0.563. The van der Waals surface area contributed by atoms with Crippen LogP contribution in [0.2, 0.25) is 0 Å². The van der Waals surface area contributed by atoms with Crippen molar-refractivity contribution in [1.29, 1.82) is 0 Å². The molecule has 3 nitrogen and oxygen atoms in total. The van der Waals surface area contributed by atoms with Gasteiger partial charge in [0.25, 0.3) is 0 Å². The molecule has 2 aromatic rings. The summed E-state index contributed by atoms with van der Waals surface area (Å²) in [6, 6.07) is 6.10. The van der Waals surface area contributed by atoms with Crippen LogP contribution in [-0.4, -0.2) is 21.6 Å². The predicted octanol–water partition coefficient (Wildman–Crippen LogP) is 3.74. The molecule has 0 saturated heterocycles. The molecule has 0 aliphatic carbocycles. The molecule has 3 rings (SSSR count). The van der Waals surface area contributed by atoms with Crippen LogP contribution >= 0.6 is 34.4 Å². The van der Waals surface area contributed by atoms with Crippen molar-refractivity contribution in [2.45, 2.75) is 11.8 Å². The molecule has 0 radical (unpaired) electrons. The number of halogens is 1. The first kappa shape index (κ1) is 12.1. The molecule has 2 N–H and O–H groups in total. The quantitative estimate of drug-likeness (QED) is 0.751. The van der Waals surface area contributed by atoms with Gasteiger partial charge in [0.2, 0.25) is 0 Å². The number of hydrogen-bond donors (Lipinski definition) is 2. The van der Waals surface area contributed by atoms with Gasteiger partial charge in [-0.3, -0.25) is 4.79 Å². The van der Waals surface area contributed by atoms with Crippen LogP contribution in [0.3, 0.4) is 0 Å². The Balaban J connectivity index is 2.29. The second kappa shape index (κ2) is 4.31. The Hall–Kier alpha value is -0.950. The van der Waals surface area contributed by atoms with Gasteiger partial charge >= 0.3 is 0 Å². The molecule has 1 aliphatic heterocycles. The second-order valence-electron chi connectivity index (χ2n) is 4.19. The Morgan fingerprint density at radius 1 is 1.50 bits per heavy atom. The topological polar surface area (TPSA) is 53.1 Å². The van der Waals surface area contributed by atoms with Gasteiger partial charge in [-0.2, -0.15) is 0 Å². The number of carbonyl (C=O) groups excluding carboxylic acids is 1. The van der Waals surface area contributed by atoms with Gasteiger partial charge in [0, 0.05) is 30.7 Å². The van der Waals surface area contributed by atoms with Crippen LogP contribution in [0.4, 0.5) is 0 Å². The standard InChI is InChI=1S/C13H10INO2S/c1-6(16)9-5-18-13-8-4-7(14)2-3-10(8)15-11(13)12(9)17/h2-4,15,17H,5H2,1H3. The number of aliphatic hydroxyl groups is 1. The first-order valence-corrected chi connectivity index (χ1v) is 7.52. The fraction of sp³-hybridized carbons (Fsp3) is 0.154. The van der Waals surface area contributed by atoms with Crippen LogP contribution < -0.4 is 0 Å². The van der Waals surface area contributed by atoms with Crippen LogP contribution in [0, 0.1) is 3.57 Å². The minimum absolute atomic E-state index is 0.0705. The van der Waals surface area contributed by atoms with E-state index in [9.17, 15) is 9.90 Å². The highest BCUT2D eigenvalue weighted by molar-refractivity contribution is 14.1. The maximum Gasteiger partial charge on any atom is 0.160 e. The molecule has 0 atom stereocenters. The van der Waals surface area contributed by atoms with E-state index in [-0.39, 0.29) is 11.5 Å². The molecule has 1 aromatic carbocycles. The third-order valence-corrected chi connectivity index (χ3v) is 4.84. The Kier molecular flexibility index (Phi) is 2.90. The largest absolute Gasteiger partial charge is 0.505 e. The number of nitrogens with one attached hydrogen (secondary N) is 1. The van der Waals surface area contributed by atoms with E-state index in [1.165, 1.54) is 6.92 Å². The van der Waals surface area contributed by atoms with E-state index in [0.717, 1.165) is 19.4 Å². The van der Waals surface area contributed by atoms with Gasteiger partial charge in [-0.15, -0.1) is 11.8 Å². The lowest BCUT2D eigenvalue weighted by Gasteiger charge is -2.14. The number of ketones is 1. The molecule has 0 saturated carbocycles. The first-order valence-electron chi connectivity index (χ1n) is 5.45. The number of fused-ring (bicyclic) bond motifs is 3. The van der Waals surface area contributed by atoms with Crippen molar-refractivity contribution in [2.75, 3.05) is 5.75 Å². The summed E-state index contributed by atoms with van der Waals surface area (Å²) in [5.41, 5.74) is 2.16. The van der Waals surface area contributed by atoms with Crippen LogP contribution in [-0.2, 0) is 4.79 Å². The molecular formula is C13H10INO2S. The van der Waals surface area contributed by atoms with Gasteiger partial charge in [-0.1, -0.05) is 0 Å². The normalized spacial score (nSPS) is 15.0. The van der Waals surface area contributed by atoms with Crippen LogP contribution in [0.5, 0.6) is 0 Å². The third-order valence-electron chi connectivity index (χ3n) is 3.02. The maximum atomic E-state index is 11.4. The number of H-pyrrole nitrogens is 1. The second-order valence-corrected chi connectivity index (χ2v) is 6.42. The van der Waals surface area contributed by atoms with Crippen LogP contribution in [0.1, 0.15) is 12.6 Å².